The highest BCUT2D eigenvalue weighted by Gasteiger charge is 2.11. The van der Waals surface area contributed by atoms with Crippen LogP contribution in [0.25, 0.3) is 16.9 Å². The van der Waals surface area contributed by atoms with E-state index in [9.17, 15) is 4.39 Å². The molecule has 4 heteroatoms. The average molecular weight is 267 g/mol. The van der Waals surface area contributed by atoms with Crippen molar-refractivity contribution in [1.29, 1.82) is 0 Å². The number of hydrogen-bond acceptors (Lipinski definition) is 2. The van der Waals surface area contributed by atoms with Crippen LogP contribution in [-0.2, 0) is 0 Å². The molecule has 0 unspecified atom stereocenters. The van der Waals surface area contributed by atoms with Crippen molar-refractivity contribution in [3.63, 3.8) is 0 Å². The number of nitrogens with zero attached hydrogens (tertiary/aromatic N) is 2. The van der Waals surface area contributed by atoms with Gasteiger partial charge in [-0.15, -0.1) is 0 Å². The molecule has 0 aliphatic heterocycles. The molecule has 0 amide bonds. The topological polar surface area (TPSA) is 29.9 Å². The lowest BCUT2D eigenvalue weighted by molar-refractivity contribution is 0.628. The van der Waals surface area contributed by atoms with Gasteiger partial charge >= 0.3 is 0 Å². The van der Waals surface area contributed by atoms with E-state index >= 15 is 0 Å². The van der Waals surface area contributed by atoms with E-state index in [2.05, 4.69) is 10.4 Å². The van der Waals surface area contributed by atoms with Crippen molar-refractivity contribution in [3.8, 4) is 16.9 Å². The van der Waals surface area contributed by atoms with Crippen molar-refractivity contribution >= 4 is 5.69 Å². The van der Waals surface area contributed by atoms with Crippen molar-refractivity contribution < 1.29 is 4.39 Å². The first kappa shape index (κ1) is 12.4. The van der Waals surface area contributed by atoms with Gasteiger partial charge < -0.3 is 5.32 Å². The summed E-state index contributed by atoms with van der Waals surface area (Å²) in [6.45, 7) is 0. The fourth-order valence-electron chi connectivity index (χ4n) is 2.09. The molecule has 100 valence electrons. The predicted molar refractivity (Wildman–Crippen MR) is 78.5 cm³/mol. The zero-order valence-corrected chi connectivity index (χ0v) is 11.0. The molecule has 0 spiro atoms. The molecular weight excluding hydrogens is 253 g/mol. The third-order valence-corrected chi connectivity index (χ3v) is 3.12. The Morgan fingerprint density at radius 1 is 1.00 bits per heavy atom. The fraction of sp³-hybridized carbons (Fsp3) is 0.0625. The number of halogens is 1. The lowest BCUT2D eigenvalue weighted by Gasteiger charge is -2.01. The lowest BCUT2D eigenvalue weighted by Crippen LogP contribution is -1.94. The van der Waals surface area contributed by atoms with Crippen molar-refractivity contribution in [2.45, 2.75) is 0 Å². The molecule has 0 saturated carbocycles. The molecule has 0 radical (unpaired) electrons. The fourth-order valence-corrected chi connectivity index (χ4v) is 2.09. The summed E-state index contributed by atoms with van der Waals surface area (Å²) in [7, 11) is 1.85. The Labute approximate surface area is 116 Å². The Bertz CT molecular complexity index is 702. The first-order valence-electron chi connectivity index (χ1n) is 6.37. The average Bonchev–Trinajstić information content (AvgIpc) is 2.93. The van der Waals surface area contributed by atoms with Gasteiger partial charge in [0, 0.05) is 12.6 Å². The Kier molecular flexibility index (Phi) is 3.21. The van der Waals surface area contributed by atoms with Crippen LogP contribution in [-0.4, -0.2) is 16.8 Å². The Balaban J connectivity index is 2.07. The Morgan fingerprint density at radius 3 is 2.35 bits per heavy atom. The maximum atomic E-state index is 13.0. The molecule has 2 aromatic carbocycles. The van der Waals surface area contributed by atoms with E-state index in [4.69, 9.17) is 0 Å². The van der Waals surface area contributed by atoms with Gasteiger partial charge in [0.2, 0.25) is 0 Å². The molecule has 0 fully saturated rings. The van der Waals surface area contributed by atoms with Gasteiger partial charge in [-0.25, -0.2) is 9.07 Å². The van der Waals surface area contributed by atoms with Gasteiger partial charge in [0.05, 0.1) is 17.6 Å². The number of benzene rings is 2. The van der Waals surface area contributed by atoms with Crippen molar-refractivity contribution in [2.75, 3.05) is 12.4 Å². The summed E-state index contributed by atoms with van der Waals surface area (Å²) in [5, 5.41) is 7.70. The predicted octanol–water partition coefficient (Wildman–Crippen LogP) is 3.72. The van der Waals surface area contributed by atoms with Crippen LogP contribution in [0.3, 0.4) is 0 Å². The number of rotatable bonds is 3. The van der Waals surface area contributed by atoms with Gasteiger partial charge in [-0.2, -0.15) is 5.10 Å². The van der Waals surface area contributed by atoms with Crippen LogP contribution in [0.2, 0.25) is 0 Å². The minimum Gasteiger partial charge on any atom is -0.385 e. The molecule has 20 heavy (non-hydrogen) atoms. The number of anilines is 1. The van der Waals surface area contributed by atoms with Gasteiger partial charge in [0.1, 0.15) is 11.5 Å². The van der Waals surface area contributed by atoms with Gasteiger partial charge in [-0.1, -0.05) is 18.2 Å². The summed E-state index contributed by atoms with van der Waals surface area (Å²) >= 11 is 0. The zero-order valence-electron chi connectivity index (χ0n) is 11.0. The molecule has 1 N–H and O–H groups in total. The summed E-state index contributed by atoms with van der Waals surface area (Å²) in [6, 6.07) is 16.2. The highest BCUT2D eigenvalue weighted by Crippen LogP contribution is 2.27. The van der Waals surface area contributed by atoms with Crippen LogP contribution in [0.4, 0.5) is 10.1 Å². The van der Waals surface area contributed by atoms with E-state index in [1.807, 2.05) is 48.3 Å². The van der Waals surface area contributed by atoms with Gasteiger partial charge in [0.25, 0.3) is 0 Å². The molecule has 0 bridgehead atoms. The highest BCUT2D eigenvalue weighted by atomic mass is 19.1. The maximum absolute atomic E-state index is 13.0. The first-order chi connectivity index (χ1) is 9.78. The highest BCUT2D eigenvalue weighted by molar-refractivity contribution is 5.74. The second-order valence-electron chi connectivity index (χ2n) is 4.43. The van der Waals surface area contributed by atoms with Crippen LogP contribution < -0.4 is 5.32 Å². The standard InChI is InChI=1S/C16H14FN3/c1-18-15-11-20(14-5-3-2-4-6-14)19-16(15)12-7-9-13(17)10-8-12/h2-11,18H,1H3. The number of para-hydroxylation sites is 1. The summed E-state index contributed by atoms with van der Waals surface area (Å²) in [5.41, 5.74) is 3.57. The van der Waals surface area contributed by atoms with E-state index < -0.39 is 0 Å². The molecule has 0 atom stereocenters. The zero-order chi connectivity index (χ0) is 13.9. The van der Waals surface area contributed by atoms with Gasteiger partial charge in [-0.05, 0) is 36.4 Å². The van der Waals surface area contributed by atoms with Crippen LogP contribution in [0.1, 0.15) is 0 Å². The van der Waals surface area contributed by atoms with E-state index in [0.717, 1.165) is 22.6 Å². The molecule has 0 aliphatic rings. The smallest absolute Gasteiger partial charge is 0.123 e. The largest absolute Gasteiger partial charge is 0.385 e. The van der Waals surface area contributed by atoms with Crippen molar-refractivity contribution in [3.05, 3.63) is 66.6 Å². The van der Waals surface area contributed by atoms with E-state index in [1.165, 1.54) is 12.1 Å². The summed E-state index contributed by atoms with van der Waals surface area (Å²) in [5.74, 6) is -0.248. The van der Waals surface area contributed by atoms with Gasteiger partial charge in [-0.3, -0.25) is 0 Å². The molecule has 3 rings (SSSR count). The minimum absolute atomic E-state index is 0.248. The van der Waals surface area contributed by atoms with Crippen molar-refractivity contribution in [1.82, 2.24) is 9.78 Å². The molecule has 0 aliphatic carbocycles. The van der Waals surface area contributed by atoms with Gasteiger partial charge in [0.15, 0.2) is 0 Å². The van der Waals surface area contributed by atoms with Crippen LogP contribution in [0, 0.1) is 5.82 Å². The van der Waals surface area contributed by atoms with Crippen LogP contribution >= 0.6 is 0 Å². The van der Waals surface area contributed by atoms with E-state index in [0.29, 0.717) is 0 Å². The number of aromatic nitrogens is 2. The number of nitrogens with one attached hydrogen (secondary N) is 1. The number of hydrogen-bond donors (Lipinski definition) is 1. The van der Waals surface area contributed by atoms with Crippen molar-refractivity contribution in [2.24, 2.45) is 0 Å². The molecule has 0 saturated heterocycles. The summed E-state index contributed by atoms with van der Waals surface area (Å²) in [6.07, 6.45) is 1.92. The first-order valence-corrected chi connectivity index (χ1v) is 6.37. The second-order valence-corrected chi connectivity index (χ2v) is 4.43. The Morgan fingerprint density at radius 2 is 1.70 bits per heavy atom. The van der Waals surface area contributed by atoms with Crippen LogP contribution in [0.5, 0.6) is 0 Å². The molecule has 1 aromatic heterocycles. The third kappa shape index (κ3) is 2.28. The SMILES string of the molecule is CNc1cn(-c2ccccc2)nc1-c1ccc(F)cc1. The van der Waals surface area contributed by atoms with Crippen LogP contribution in [0.15, 0.2) is 60.8 Å². The lowest BCUT2D eigenvalue weighted by atomic mass is 10.1. The molecule has 3 aromatic rings. The van der Waals surface area contributed by atoms with E-state index in [-0.39, 0.29) is 5.82 Å². The second kappa shape index (κ2) is 5.17. The quantitative estimate of drug-likeness (QED) is 0.783. The molecule has 3 nitrogen and oxygen atoms in total. The normalized spacial score (nSPS) is 10.5. The Hall–Kier alpha value is -2.62. The molecule has 1 heterocycles. The summed E-state index contributed by atoms with van der Waals surface area (Å²) < 4.78 is 14.8. The summed E-state index contributed by atoms with van der Waals surface area (Å²) in [4.78, 5) is 0. The monoisotopic (exact) mass is 267 g/mol. The van der Waals surface area contributed by atoms with E-state index in [1.54, 1.807) is 12.1 Å². The third-order valence-electron chi connectivity index (χ3n) is 3.12. The maximum Gasteiger partial charge on any atom is 0.123 e. The minimum atomic E-state index is -0.248. The molecular formula is C16H14FN3.